The minimum absolute atomic E-state index is 0.123. The van der Waals surface area contributed by atoms with E-state index in [-0.39, 0.29) is 11.9 Å². The molecule has 1 amide bonds. The molecule has 1 aromatic heterocycles. The lowest BCUT2D eigenvalue weighted by Crippen LogP contribution is -2.45. The van der Waals surface area contributed by atoms with Crippen LogP contribution in [0.15, 0.2) is 41.8 Å². The number of hydrogen-bond acceptors (Lipinski definition) is 3. The Bertz CT molecular complexity index is 657. The molecule has 2 aromatic rings. The van der Waals surface area contributed by atoms with Gasteiger partial charge >= 0.3 is 0 Å². The average molecular weight is 282 g/mol. The fraction of sp³-hybridized carbons (Fsp3) is 0.250. The van der Waals surface area contributed by atoms with E-state index >= 15 is 0 Å². The molecule has 0 unspecified atom stereocenters. The quantitative estimate of drug-likeness (QED) is 0.939. The Morgan fingerprint density at radius 2 is 2.05 bits per heavy atom. The third kappa shape index (κ3) is 2.33. The molecule has 0 spiro atoms. The highest BCUT2D eigenvalue weighted by molar-refractivity contribution is 7.12. The molecule has 4 heteroatoms. The minimum atomic E-state index is -0.123. The molecule has 3 rings (SSSR count). The fourth-order valence-electron chi connectivity index (χ4n) is 2.58. The minimum Gasteiger partial charge on any atom is -0.348 e. The van der Waals surface area contributed by atoms with Crippen molar-refractivity contribution in [1.29, 1.82) is 5.26 Å². The van der Waals surface area contributed by atoms with Crippen LogP contribution in [0.1, 0.15) is 39.6 Å². The van der Waals surface area contributed by atoms with Gasteiger partial charge in [-0.1, -0.05) is 30.3 Å². The van der Waals surface area contributed by atoms with Crippen molar-refractivity contribution in [3.05, 3.63) is 57.8 Å². The third-order valence-corrected chi connectivity index (χ3v) is 4.72. The summed E-state index contributed by atoms with van der Waals surface area (Å²) in [6.45, 7) is 0. The summed E-state index contributed by atoms with van der Waals surface area (Å²) in [5.41, 5.74) is 1.74. The lowest BCUT2D eigenvalue weighted by atomic mass is 9.75. The Morgan fingerprint density at radius 3 is 2.70 bits per heavy atom. The molecule has 1 aliphatic carbocycles. The predicted octanol–water partition coefficient (Wildman–Crippen LogP) is 3.30. The van der Waals surface area contributed by atoms with E-state index in [1.165, 1.54) is 16.9 Å². The zero-order valence-corrected chi connectivity index (χ0v) is 11.7. The number of nitrogens with one attached hydrogen (secondary N) is 1. The Balaban J connectivity index is 1.70. The number of amides is 1. The standard InChI is InChI=1S/C16H14N2OS/c17-10-12-8-9-20-15(12)16(19)18-14-7-6-13(14)11-4-2-1-3-5-11/h1-5,8-9,13-14H,6-7H2,(H,18,19)/t13-,14-/m1/s1. The molecule has 1 N–H and O–H groups in total. The molecular formula is C16H14N2OS. The lowest BCUT2D eigenvalue weighted by molar-refractivity contribution is 0.0908. The third-order valence-electron chi connectivity index (χ3n) is 3.81. The van der Waals surface area contributed by atoms with Crippen LogP contribution in [0, 0.1) is 11.3 Å². The van der Waals surface area contributed by atoms with E-state index in [1.807, 2.05) is 18.2 Å². The van der Waals surface area contributed by atoms with Crippen molar-refractivity contribution in [3.63, 3.8) is 0 Å². The zero-order chi connectivity index (χ0) is 13.9. The number of hydrogen-bond donors (Lipinski definition) is 1. The molecule has 0 bridgehead atoms. The first-order chi connectivity index (χ1) is 9.79. The molecule has 0 aliphatic heterocycles. The molecule has 0 radical (unpaired) electrons. The summed E-state index contributed by atoms with van der Waals surface area (Å²) in [4.78, 5) is 12.7. The van der Waals surface area contributed by atoms with E-state index in [0.717, 1.165) is 12.8 Å². The van der Waals surface area contributed by atoms with Crippen molar-refractivity contribution < 1.29 is 4.79 Å². The highest BCUT2D eigenvalue weighted by Gasteiger charge is 2.33. The number of thiophene rings is 1. The molecule has 1 fully saturated rings. The first-order valence-corrected chi connectivity index (χ1v) is 7.51. The van der Waals surface area contributed by atoms with E-state index in [4.69, 9.17) is 5.26 Å². The van der Waals surface area contributed by atoms with Crippen LogP contribution in [0.2, 0.25) is 0 Å². The average Bonchev–Trinajstić information content (AvgIpc) is 2.93. The van der Waals surface area contributed by atoms with Crippen molar-refractivity contribution in [1.82, 2.24) is 5.32 Å². The van der Waals surface area contributed by atoms with Gasteiger partial charge in [0.1, 0.15) is 10.9 Å². The largest absolute Gasteiger partial charge is 0.348 e. The molecule has 1 aliphatic rings. The Hall–Kier alpha value is -2.12. The van der Waals surface area contributed by atoms with Crippen LogP contribution in [0.5, 0.6) is 0 Å². The number of nitriles is 1. The molecule has 1 heterocycles. The summed E-state index contributed by atoms with van der Waals surface area (Å²) in [5.74, 6) is 0.271. The first kappa shape index (κ1) is 12.9. The number of rotatable bonds is 3. The molecule has 1 aromatic carbocycles. The van der Waals surface area contributed by atoms with Crippen molar-refractivity contribution in [2.45, 2.75) is 24.8 Å². The lowest BCUT2D eigenvalue weighted by Gasteiger charge is -2.37. The van der Waals surface area contributed by atoms with Crippen LogP contribution in [0.25, 0.3) is 0 Å². The van der Waals surface area contributed by atoms with Gasteiger partial charge in [0.15, 0.2) is 0 Å². The Morgan fingerprint density at radius 1 is 1.25 bits per heavy atom. The summed E-state index contributed by atoms with van der Waals surface area (Å²) in [6, 6.07) is 14.2. The van der Waals surface area contributed by atoms with Crippen LogP contribution in [-0.2, 0) is 0 Å². The summed E-state index contributed by atoms with van der Waals surface area (Å²) in [6.07, 6.45) is 2.10. The number of carbonyl (C=O) groups excluding carboxylic acids is 1. The van der Waals surface area contributed by atoms with Crippen LogP contribution in [-0.4, -0.2) is 11.9 Å². The molecule has 2 atom stereocenters. The van der Waals surface area contributed by atoms with Gasteiger partial charge in [-0.25, -0.2) is 0 Å². The van der Waals surface area contributed by atoms with Gasteiger partial charge in [0.2, 0.25) is 0 Å². The molecule has 0 saturated heterocycles. The van der Waals surface area contributed by atoms with E-state index in [0.29, 0.717) is 16.4 Å². The van der Waals surface area contributed by atoms with Crippen molar-refractivity contribution >= 4 is 17.2 Å². The molecule has 3 nitrogen and oxygen atoms in total. The van der Waals surface area contributed by atoms with Crippen LogP contribution < -0.4 is 5.32 Å². The zero-order valence-electron chi connectivity index (χ0n) is 10.9. The predicted molar refractivity (Wildman–Crippen MR) is 78.7 cm³/mol. The Labute approximate surface area is 121 Å². The van der Waals surface area contributed by atoms with Crippen molar-refractivity contribution in [3.8, 4) is 6.07 Å². The van der Waals surface area contributed by atoms with E-state index in [2.05, 4.69) is 23.5 Å². The summed E-state index contributed by atoms with van der Waals surface area (Å²) in [5, 5.41) is 13.8. The maximum Gasteiger partial charge on any atom is 0.262 e. The van der Waals surface area contributed by atoms with E-state index in [1.54, 1.807) is 11.4 Å². The summed E-state index contributed by atoms with van der Waals surface area (Å²) >= 11 is 1.32. The van der Waals surface area contributed by atoms with Gasteiger partial charge in [0, 0.05) is 12.0 Å². The highest BCUT2D eigenvalue weighted by Crippen LogP contribution is 2.37. The Kier molecular flexibility index (Phi) is 3.53. The number of carbonyl (C=O) groups is 1. The fourth-order valence-corrected chi connectivity index (χ4v) is 3.33. The normalized spacial score (nSPS) is 20.8. The second-order valence-corrected chi connectivity index (χ2v) is 5.87. The van der Waals surface area contributed by atoms with Crippen LogP contribution in [0.3, 0.4) is 0 Å². The summed E-state index contributed by atoms with van der Waals surface area (Å²) < 4.78 is 0. The molecule has 20 heavy (non-hydrogen) atoms. The highest BCUT2D eigenvalue weighted by atomic mass is 32.1. The second kappa shape index (κ2) is 5.48. The molecular weight excluding hydrogens is 268 g/mol. The molecule has 1 saturated carbocycles. The van der Waals surface area contributed by atoms with Gasteiger partial charge in [-0.2, -0.15) is 5.26 Å². The van der Waals surface area contributed by atoms with Gasteiger partial charge in [0.05, 0.1) is 5.56 Å². The maximum absolute atomic E-state index is 12.2. The smallest absolute Gasteiger partial charge is 0.262 e. The maximum atomic E-state index is 12.2. The van der Waals surface area contributed by atoms with Gasteiger partial charge in [-0.05, 0) is 29.9 Å². The van der Waals surface area contributed by atoms with Crippen molar-refractivity contribution in [2.75, 3.05) is 0 Å². The van der Waals surface area contributed by atoms with E-state index < -0.39 is 0 Å². The summed E-state index contributed by atoms with van der Waals surface area (Å²) in [7, 11) is 0. The van der Waals surface area contributed by atoms with Crippen molar-refractivity contribution in [2.24, 2.45) is 0 Å². The van der Waals surface area contributed by atoms with Gasteiger partial charge < -0.3 is 5.32 Å². The topological polar surface area (TPSA) is 52.9 Å². The van der Waals surface area contributed by atoms with Gasteiger partial charge in [-0.3, -0.25) is 4.79 Å². The monoisotopic (exact) mass is 282 g/mol. The number of nitrogens with zero attached hydrogens (tertiary/aromatic N) is 1. The molecule has 100 valence electrons. The SMILES string of the molecule is N#Cc1ccsc1C(=O)N[C@@H]1CC[C@@H]1c1ccccc1. The number of benzene rings is 1. The van der Waals surface area contributed by atoms with Gasteiger partial charge in [0.25, 0.3) is 5.91 Å². The van der Waals surface area contributed by atoms with Crippen LogP contribution >= 0.6 is 11.3 Å². The van der Waals surface area contributed by atoms with Crippen LogP contribution in [0.4, 0.5) is 0 Å². The van der Waals surface area contributed by atoms with Gasteiger partial charge in [-0.15, -0.1) is 11.3 Å². The van der Waals surface area contributed by atoms with E-state index in [9.17, 15) is 4.79 Å². The first-order valence-electron chi connectivity index (χ1n) is 6.63. The second-order valence-electron chi connectivity index (χ2n) is 4.95.